The number of nitrogens with one attached hydrogen (secondary N) is 1. The molecule has 0 bridgehead atoms. The summed E-state index contributed by atoms with van der Waals surface area (Å²) in [5.41, 5.74) is 6.69. The van der Waals surface area contributed by atoms with Gasteiger partial charge in [-0.2, -0.15) is 13.5 Å². The minimum atomic E-state index is -0.117. The van der Waals surface area contributed by atoms with Gasteiger partial charge in [0, 0.05) is 11.7 Å². The zero-order valence-electron chi connectivity index (χ0n) is 8.37. The number of carbonyl (C=O) groups is 1. The quantitative estimate of drug-likeness (QED) is 0.730. The fourth-order valence-electron chi connectivity index (χ4n) is 1.04. The van der Waals surface area contributed by atoms with Crippen molar-refractivity contribution in [3.05, 3.63) is 29.8 Å². The largest absolute Gasteiger partial charge is 0.398 e. The van der Waals surface area contributed by atoms with E-state index in [1.54, 1.807) is 18.2 Å². The van der Waals surface area contributed by atoms with Gasteiger partial charge in [0.05, 0.1) is 5.56 Å². The first-order chi connectivity index (χ1) is 6.11. The summed E-state index contributed by atoms with van der Waals surface area (Å²) in [6.45, 7) is 3.83. The number of hydrogen-bond acceptors (Lipinski definition) is 2. The van der Waals surface area contributed by atoms with Crippen LogP contribution in [0.4, 0.5) is 5.69 Å². The molecule has 4 heteroatoms. The molecule has 1 aromatic rings. The van der Waals surface area contributed by atoms with Gasteiger partial charge in [-0.25, -0.2) is 0 Å². The van der Waals surface area contributed by atoms with Crippen LogP contribution >= 0.6 is 13.5 Å². The second kappa shape index (κ2) is 5.54. The molecule has 0 atom stereocenters. The first-order valence-electron chi connectivity index (χ1n) is 4.26. The van der Waals surface area contributed by atoms with Crippen LogP contribution in [0.15, 0.2) is 24.3 Å². The zero-order valence-corrected chi connectivity index (χ0v) is 9.37. The van der Waals surface area contributed by atoms with Crippen molar-refractivity contribution in [1.29, 1.82) is 0 Å². The third-order valence-electron chi connectivity index (χ3n) is 1.63. The maximum atomic E-state index is 11.5. The molecule has 0 saturated carbocycles. The SMILES string of the molecule is CC(C)NC(=O)c1ccccc1N.S. The van der Waals surface area contributed by atoms with Gasteiger partial charge in [-0.05, 0) is 26.0 Å². The highest BCUT2D eigenvalue weighted by Crippen LogP contribution is 2.09. The summed E-state index contributed by atoms with van der Waals surface area (Å²) in [5.74, 6) is -0.117. The topological polar surface area (TPSA) is 55.1 Å². The van der Waals surface area contributed by atoms with Gasteiger partial charge in [0.25, 0.3) is 5.91 Å². The summed E-state index contributed by atoms with van der Waals surface area (Å²) in [6, 6.07) is 7.17. The summed E-state index contributed by atoms with van der Waals surface area (Å²) in [6.07, 6.45) is 0. The van der Waals surface area contributed by atoms with Crippen LogP contribution < -0.4 is 11.1 Å². The van der Waals surface area contributed by atoms with Crippen molar-refractivity contribution in [1.82, 2.24) is 5.32 Å². The lowest BCUT2D eigenvalue weighted by Gasteiger charge is -2.09. The van der Waals surface area contributed by atoms with Crippen LogP contribution in [0.2, 0.25) is 0 Å². The van der Waals surface area contributed by atoms with E-state index in [2.05, 4.69) is 5.32 Å². The van der Waals surface area contributed by atoms with Crippen molar-refractivity contribution in [3.63, 3.8) is 0 Å². The van der Waals surface area contributed by atoms with Crippen LogP contribution in [-0.4, -0.2) is 11.9 Å². The highest BCUT2D eigenvalue weighted by molar-refractivity contribution is 7.59. The number of rotatable bonds is 2. The monoisotopic (exact) mass is 212 g/mol. The molecular formula is C10H16N2OS. The molecule has 1 aromatic carbocycles. The normalized spacial score (nSPS) is 9.36. The van der Waals surface area contributed by atoms with Crippen LogP contribution in [0.5, 0.6) is 0 Å². The summed E-state index contributed by atoms with van der Waals surface area (Å²) >= 11 is 0. The van der Waals surface area contributed by atoms with E-state index in [9.17, 15) is 4.79 Å². The lowest BCUT2D eigenvalue weighted by Crippen LogP contribution is -2.30. The first kappa shape index (κ1) is 12.8. The summed E-state index contributed by atoms with van der Waals surface area (Å²) in [5, 5.41) is 2.78. The third-order valence-corrected chi connectivity index (χ3v) is 1.63. The molecule has 0 aliphatic rings. The van der Waals surface area contributed by atoms with Crippen molar-refractivity contribution in [2.45, 2.75) is 19.9 Å². The second-order valence-electron chi connectivity index (χ2n) is 3.22. The van der Waals surface area contributed by atoms with Crippen molar-refractivity contribution in [3.8, 4) is 0 Å². The van der Waals surface area contributed by atoms with Crippen molar-refractivity contribution in [2.75, 3.05) is 5.73 Å². The molecule has 0 aromatic heterocycles. The number of nitrogens with two attached hydrogens (primary N) is 1. The highest BCUT2D eigenvalue weighted by Gasteiger charge is 2.08. The Labute approximate surface area is 91.1 Å². The molecule has 0 unspecified atom stereocenters. The molecule has 1 rings (SSSR count). The van der Waals surface area contributed by atoms with Gasteiger partial charge in [0.1, 0.15) is 0 Å². The molecule has 0 aliphatic carbocycles. The number of carbonyl (C=O) groups excluding carboxylic acids is 1. The Balaban J connectivity index is 0.00000169. The van der Waals surface area contributed by atoms with E-state index in [4.69, 9.17) is 5.73 Å². The standard InChI is InChI=1S/C10H14N2O.H2S/c1-7(2)12-10(13)8-5-3-4-6-9(8)11;/h3-7H,11H2,1-2H3,(H,12,13);1H2. The van der Waals surface area contributed by atoms with E-state index < -0.39 is 0 Å². The zero-order chi connectivity index (χ0) is 9.84. The first-order valence-corrected chi connectivity index (χ1v) is 4.26. The third kappa shape index (κ3) is 3.30. The molecular weight excluding hydrogens is 196 g/mol. The maximum absolute atomic E-state index is 11.5. The lowest BCUT2D eigenvalue weighted by molar-refractivity contribution is 0.0944. The molecule has 3 N–H and O–H groups in total. The molecule has 78 valence electrons. The van der Waals surface area contributed by atoms with Crippen molar-refractivity contribution >= 4 is 25.1 Å². The predicted molar refractivity (Wildman–Crippen MR) is 63.8 cm³/mol. The second-order valence-corrected chi connectivity index (χ2v) is 3.22. The van der Waals surface area contributed by atoms with E-state index in [-0.39, 0.29) is 25.4 Å². The fourth-order valence-corrected chi connectivity index (χ4v) is 1.04. The van der Waals surface area contributed by atoms with Gasteiger partial charge in [-0.3, -0.25) is 4.79 Å². The van der Waals surface area contributed by atoms with E-state index in [1.165, 1.54) is 0 Å². The average molecular weight is 212 g/mol. The average Bonchev–Trinajstić information content (AvgIpc) is 2.03. The number of amides is 1. The Bertz CT molecular complexity index is 313. The molecule has 0 radical (unpaired) electrons. The molecule has 3 nitrogen and oxygen atoms in total. The highest BCUT2D eigenvalue weighted by atomic mass is 32.1. The molecule has 0 saturated heterocycles. The van der Waals surface area contributed by atoms with E-state index in [1.807, 2.05) is 19.9 Å². The minimum absolute atomic E-state index is 0. The summed E-state index contributed by atoms with van der Waals surface area (Å²) in [7, 11) is 0. The van der Waals surface area contributed by atoms with Crippen LogP contribution in [0.1, 0.15) is 24.2 Å². The predicted octanol–water partition coefficient (Wildman–Crippen LogP) is 1.52. The molecule has 0 fully saturated rings. The Morgan fingerprint density at radius 1 is 1.36 bits per heavy atom. The Hall–Kier alpha value is -1.16. The molecule has 14 heavy (non-hydrogen) atoms. The van der Waals surface area contributed by atoms with Crippen LogP contribution in [0.3, 0.4) is 0 Å². The Morgan fingerprint density at radius 2 is 1.93 bits per heavy atom. The van der Waals surface area contributed by atoms with E-state index >= 15 is 0 Å². The van der Waals surface area contributed by atoms with Crippen LogP contribution in [-0.2, 0) is 0 Å². The number of para-hydroxylation sites is 1. The smallest absolute Gasteiger partial charge is 0.253 e. The Morgan fingerprint density at radius 3 is 2.43 bits per heavy atom. The minimum Gasteiger partial charge on any atom is -0.398 e. The van der Waals surface area contributed by atoms with Gasteiger partial charge >= 0.3 is 0 Å². The number of nitrogen functional groups attached to an aromatic ring is 1. The van der Waals surface area contributed by atoms with E-state index in [0.717, 1.165) is 0 Å². The number of benzene rings is 1. The Kier molecular flexibility index (Phi) is 5.09. The summed E-state index contributed by atoms with van der Waals surface area (Å²) in [4.78, 5) is 11.5. The number of hydrogen-bond donors (Lipinski definition) is 2. The molecule has 1 amide bonds. The van der Waals surface area contributed by atoms with Crippen LogP contribution in [0.25, 0.3) is 0 Å². The fraction of sp³-hybridized carbons (Fsp3) is 0.300. The lowest BCUT2D eigenvalue weighted by atomic mass is 10.1. The van der Waals surface area contributed by atoms with Gasteiger partial charge in [-0.15, -0.1) is 0 Å². The van der Waals surface area contributed by atoms with Gasteiger partial charge in [0.15, 0.2) is 0 Å². The van der Waals surface area contributed by atoms with Gasteiger partial charge in [0.2, 0.25) is 0 Å². The molecule has 0 heterocycles. The maximum Gasteiger partial charge on any atom is 0.253 e. The molecule has 0 spiro atoms. The molecule has 0 aliphatic heterocycles. The van der Waals surface area contributed by atoms with E-state index in [0.29, 0.717) is 11.3 Å². The van der Waals surface area contributed by atoms with Crippen molar-refractivity contribution in [2.24, 2.45) is 0 Å². The van der Waals surface area contributed by atoms with Crippen molar-refractivity contribution < 1.29 is 4.79 Å². The van der Waals surface area contributed by atoms with Gasteiger partial charge in [-0.1, -0.05) is 12.1 Å². The summed E-state index contributed by atoms with van der Waals surface area (Å²) < 4.78 is 0. The van der Waals surface area contributed by atoms with Crippen LogP contribution in [0, 0.1) is 0 Å². The van der Waals surface area contributed by atoms with Gasteiger partial charge < -0.3 is 11.1 Å². The number of anilines is 1.